The Morgan fingerprint density at radius 2 is 1.80 bits per heavy atom. The highest BCUT2D eigenvalue weighted by Crippen LogP contribution is 2.30. The molecular weight excluding hydrogens is 536 g/mol. The first-order valence-electron chi connectivity index (χ1n) is 13.3. The smallest absolute Gasteiger partial charge is 0.232 e. The van der Waals surface area contributed by atoms with E-state index in [1.165, 1.54) is 12.4 Å². The topological polar surface area (TPSA) is 77.3 Å². The molecule has 0 spiro atoms. The van der Waals surface area contributed by atoms with E-state index in [-0.39, 0.29) is 18.1 Å². The number of nitrogens with zero attached hydrogens (tertiary/aromatic N) is 4. The fourth-order valence-electron chi connectivity index (χ4n) is 5.00. The lowest BCUT2D eigenvalue weighted by Gasteiger charge is -2.23. The minimum absolute atomic E-state index is 0.0999. The summed E-state index contributed by atoms with van der Waals surface area (Å²) in [6.07, 6.45) is 3.12. The average molecular weight is 567 g/mol. The zero-order chi connectivity index (χ0) is 29.3. The highest BCUT2D eigenvalue weighted by atomic mass is 35.5. The van der Waals surface area contributed by atoms with Gasteiger partial charge in [0.25, 0.3) is 0 Å². The molecule has 1 amide bonds. The normalized spacial score (nSPS) is 11.1. The quantitative estimate of drug-likeness (QED) is 0.199. The second-order valence-corrected chi connectivity index (χ2v) is 10.6. The molecule has 0 unspecified atom stereocenters. The number of ether oxygens (including phenoxy) is 1. The summed E-state index contributed by atoms with van der Waals surface area (Å²) in [7, 11) is 3.54. The van der Waals surface area contributed by atoms with Gasteiger partial charge in [-0.3, -0.25) is 14.6 Å². The monoisotopic (exact) mass is 566 g/mol. The van der Waals surface area contributed by atoms with Crippen LogP contribution in [0.15, 0.2) is 73.1 Å². The molecule has 0 atom stereocenters. The summed E-state index contributed by atoms with van der Waals surface area (Å²) in [6, 6.07) is 19.0. The van der Waals surface area contributed by atoms with E-state index in [1.807, 2.05) is 63.2 Å². The summed E-state index contributed by atoms with van der Waals surface area (Å²) in [5, 5.41) is 1.36. The highest BCUT2D eigenvalue weighted by molar-refractivity contribution is 6.34. The van der Waals surface area contributed by atoms with Gasteiger partial charge in [0, 0.05) is 49.0 Å². The zero-order valence-corrected chi connectivity index (χ0v) is 24.5. The molecule has 208 valence electrons. The van der Waals surface area contributed by atoms with Gasteiger partial charge in [-0.25, -0.2) is 4.98 Å². The number of anilines is 1. The van der Waals surface area contributed by atoms with Crippen molar-refractivity contribution >= 4 is 39.9 Å². The number of benzene rings is 2. The van der Waals surface area contributed by atoms with Crippen LogP contribution in [0.3, 0.4) is 0 Å². The average Bonchev–Trinajstić information content (AvgIpc) is 3.32. The first kappa shape index (κ1) is 28.1. The van der Waals surface area contributed by atoms with E-state index in [0.717, 1.165) is 50.4 Å². The van der Waals surface area contributed by atoms with Gasteiger partial charge in [-0.05, 0) is 73.9 Å². The molecule has 0 aliphatic rings. The molecule has 0 aliphatic heterocycles. The van der Waals surface area contributed by atoms with Crippen molar-refractivity contribution in [2.75, 3.05) is 11.9 Å². The molecule has 0 saturated carbocycles. The summed E-state index contributed by atoms with van der Waals surface area (Å²) in [4.78, 5) is 36.8. The minimum atomic E-state index is -0.242. The molecule has 0 bridgehead atoms. The van der Waals surface area contributed by atoms with E-state index < -0.39 is 0 Å². The number of halogens is 1. The number of para-hydroxylation sites is 1. The standard InChI is InChI=1S/C33H31ClN4O3/c1-20-9-13-28(22(3)26(20)19-41-30-8-6-7-23-11-10-21(2)36-32(23)30)38(5)31(39)17-24-12-14-29(37(24)4)33(40)25-18-35-16-15-27(25)34/h6-16,18H,17,19H2,1-5H3. The molecule has 5 rings (SSSR count). The summed E-state index contributed by atoms with van der Waals surface area (Å²) in [6.45, 7) is 6.36. The maximum absolute atomic E-state index is 13.4. The molecule has 8 heteroatoms. The molecular formula is C33H31ClN4O3. The van der Waals surface area contributed by atoms with E-state index in [1.54, 1.807) is 41.8 Å². The van der Waals surface area contributed by atoms with Gasteiger partial charge in [-0.15, -0.1) is 0 Å². The molecule has 5 aromatic rings. The van der Waals surface area contributed by atoms with E-state index in [4.69, 9.17) is 16.3 Å². The van der Waals surface area contributed by atoms with Crippen molar-refractivity contribution < 1.29 is 14.3 Å². The molecule has 3 heterocycles. The van der Waals surface area contributed by atoms with Crippen molar-refractivity contribution in [3.63, 3.8) is 0 Å². The first-order chi connectivity index (χ1) is 19.7. The van der Waals surface area contributed by atoms with Crippen molar-refractivity contribution in [1.29, 1.82) is 0 Å². The lowest BCUT2D eigenvalue weighted by atomic mass is 10.0. The molecule has 2 aromatic carbocycles. The van der Waals surface area contributed by atoms with Gasteiger partial charge < -0.3 is 14.2 Å². The Balaban J connectivity index is 1.34. The molecule has 7 nitrogen and oxygen atoms in total. The molecule has 41 heavy (non-hydrogen) atoms. The third-order valence-corrected chi connectivity index (χ3v) is 7.87. The van der Waals surface area contributed by atoms with Crippen LogP contribution < -0.4 is 9.64 Å². The summed E-state index contributed by atoms with van der Waals surface area (Å²) in [5.41, 5.74) is 7.12. The van der Waals surface area contributed by atoms with Crippen LogP contribution in [0.5, 0.6) is 5.75 Å². The number of likely N-dealkylation sites (N-methyl/N-ethyl adjacent to an activating group) is 1. The second-order valence-electron chi connectivity index (χ2n) is 10.2. The molecule has 0 aliphatic carbocycles. The summed E-state index contributed by atoms with van der Waals surface area (Å²) >= 11 is 6.21. The molecule has 0 fully saturated rings. The van der Waals surface area contributed by atoms with Crippen LogP contribution in [0.25, 0.3) is 10.9 Å². The van der Waals surface area contributed by atoms with Crippen LogP contribution in [-0.2, 0) is 24.9 Å². The number of ketones is 1. The maximum atomic E-state index is 13.4. The Bertz CT molecular complexity index is 1790. The lowest BCUT2D eigenvalue weighted by molar-refractivity contribution is -0.117. The third-order valence-electron chi connectivity index (χ3n) is 7.54. The predicted molar refractivity (Wildman–Crippen MR) is 162 cm³/mol. The lowest BCUT2D eigenvalue weighted by Crippen LogP contribution is -2.29. The van der Waals surface area contributed by atoms with Gasteiger partial charge >= 0.3 is 0 Å². The van der Waals surface area contributed by atoms with Gasteiger partial charge in [0.05, 0.1) is 22.7 Å². The van der Waals surface area contributed by atoms with Gasteiger partial charge in [-0.1, -0.05) is 35.9 Å². The number of carbonyl (C=O) groups excluding carboxylic acids is 2. The second kappa shape index (κ2) is 11.6. The highest BCUT2D eigenvalue weighted by Gasteiger charge is 2.21. The SMILES string of the molecule is Cc1ccc2cccc(OCc3c(C)ccc(N(C)C(=O)Cc4ccc(C(=O)c5cnccc5Cl)n4C)c3C)c2n1. The van der Waals surface area contributed by atoms with Gasteiger partial charge in [0.2, 0.25) is 11.7 Å². The number of rotatable bonds is 8. The fraction of sp³-hybridized carbons (Fsp3) is 0.212. The van der Waals surface area contributed by atoms with Crippen molar-refractivity contribution in [2.24, 2.45) is 7.05 Å². The number of amides is 1. The number of pyridine rings is 2. The van der Waals surface area contributed by atoms with Crippen molar-refractivity contribution in [2.45, 2.75) is 33.8 Å². The Morgan fingerprint density at radius 3 is 2.59 bits per heavy atom. The van der Waals surface area contributed by atoms with Crippen molar-refractivity contribution in [1.82, 2.24) is 14.5 Å². The Kier molecular flexibility index (Phi) is 7.90. The van der Waals surface area contributed by atoms with Crippen LogP contribution in [-0.4, -0.2) is 33.3 Å². The number of hydrogen-bond donors (Lipinski definition) is 0. The van der Waals surface area contributed by atoms with E-state index in [2.05, 4.69) is 9.97 Å². The van der Waals surface area contributed by atoms with Crippen LogP contribution in [0.2, 0.25) is 5.02 Å². The number of aromatic nitrogens is 3. The number of fused-ring (bicyclic) bond motifs is 1. The Labute approximate surface area is 244 Å². The number of hydrogen-bond acceptors (Lipinski definition) is 5. The molecule has 3 aromatic heterocycles. The minimum Gasteiger partial charge on any atom is -0.487 e. The van der Waals surface area contributed by atoms with Crippen LogP contribution in [0.1, 0.15) is 44.1 Å². The van der Waals surface area contributed by atoms with Crippen molar-refractivity contribution in [3.8, 4) is 5.75 Å². The van der Waals surface area contributed by atoms with Gasteiger partial charge in [-0.2, -0.15) is 0 Å². The van der Waals surface area contributed by atoms with E-state index in [0.29, 0.717) is 22.9 Å². The fourth-order valence-corrected chi connectivity index (χ4v) is 5.19. The van der Waals surface area contributed by atoms with Crippen LogP contribution >= 0.6 is 11.6 Å². The Hall–Kier alpha value is -4.49. The maximum Gasteiger partial charge on any atom is 0.232 e. The van der Waals surface area contributed by atoms with Gasteiger partial charge in [0.15, 0.2) is 0 Å². The van der Waals surface area contributed by atoms with Gasteiger partial charge in [0.1, 0.15) is 17.9 Å². The molecule has 0 radical (unpaired) electrons. The third kappa shape index (κ3) is 5.58. The summed E-state index contributed by atoms with van der Waals surface area (Å²) < 4.78 is 8.02. The number of carbonyl (C=O) groups is 2. The largest absolute Gasteiger partial charge is 0.487 e. The van der Waals surface area contributed by atoms with Crippen LogP contribution in [0.4, 0.5) is 5.69 Å². The predicted octanol–water partition coefficient (Wildman–Crippen LogP) is 6.56. The summed E-state index contributed by atoms with van der Waals surface area (Å²) in [5.74, 6) is 0.381. The zero-order valence-electron chi connectivity index (χ0n) is 23.7. The van der Waals surface area contributed by atoms with E-state index in [9.17, 15) is 9.59 Å². The molecule has 0 N–H and O–H groups in total. The molecule has 0 saturated heterocycles. The Morgan fingerprint density at radius 1 is 1.00 bits per heavy atom. The van der Waals surface area contributed by atoms with Crippen molar-refractivity contribution in [3.05, 3.63) is 117 Å². The van der Waals surface area contributed by atoms with E-state index >= 15 is 0 Å². The number of aryl methyl sites for hydroxylation is 2. The van der Waals surface area contributed by atoms with Crippen LogP contribution in [0, 0.1) is 20.8 Å². The first-order valence-corrected chi connectivity index (χ1v) is 13.7.